The molecule has 1 aliphatic carbocycles. The number of nitrogens with zero attached hydrogens (tertiary/aromatic N) is 4. The molecule has 10 heteroatoms. The molecule has 1 saturated carbocycles. The lowest BCUT2D eigenvalue weighted by Gasteiger charge is -2.25. The molecule has 0 aliphatic heterocycles. The van der Waals surface area contributed by atoms with Gasteiger partial charge in [0.2, 0.25) is 0 Å². The third kappa shape index (κ3) is 6.55. The average molecular weight is 582 g/mol. The smallest absolute Gasteiger partial charge is 0.123 e. The fraction of sp³-hybridized carbons (Fsp3) is 0.219. The number of nitriles is 2. The van der Waals surface area contributed by atoms with Gasteiger partial charge in [-0.1, -0.05) is 54.1 Å². The molecule has 1 heterocycles. The Labute approximate surface area is 250 Å². The van der Waals surface area contributed by atoms with Crippen LogP contribution in [0.4, 0.5) is 15.8 Å². The quantitative estimate of drug-likeness (QED) is 0.114. The summed E-state index contributed by atoms with van der Waals surface area (Å²) in [7, 11) is 0. The summed E-state index contributed by atoms with van der Waals surface area (Å²) in [5.74, 6) is 5.72. The number of nitrogens with one attached hydrogen (secondary N) is 2. The lowest BCUT2D eigenvalue weighted by atomic mass is 10.00. The molecule has 0 amide bonds. The van der Waals surface area contributed by atoms with Gasteiger partial charge in [-0.25, -0.2) is 10.2 Å². The maximum atomic E-state index is 13.8. The fourth-order valence-electron chi connectivity index (χ4n) is 4.74. The van der Waals surface area contributed by atoms with Crippen LogP contribution in [-0.2, 0) is 0 Å². The number of anilines is 2. The van der Waals surface area contributed by atoms with Crippen molar-refractivity contribution in [2.75, 3.05) is 10.6 Å². The minimum atomic E-state index is -1.76. The van der Waals surface area contributed by atoms with Crippen LogP contribution in [-0.4, -0.2) is 16.0 Å². The minimum absolute atomic E-state index is 0.0904. The molecular formula is C32H30ClFN8. The molecule has 1 aromatic heterocycles. The summed E-state index contributed by atoms with van der Waals surface area (Å²) in [5, 5.41) is 28.3. The highest BCUT2D eigenvalue weighted by molar-refractivity contribution is 6.35. The first-order valence-electron chi connectivity index (χ1n) is 14.0. The Balaban J connectivity index is 1.61. The summed E-state index contributed by atoms with van der Waals surface area (Å²) in [6.07, 6.45) is 5.63. The van der Waals surface area contributed by atoms with E-state index < -0.39 is 11.8 Å². The van der Waals surface area contributed by atoms with Crippen molar-refractivity contribution in [3.63, 3.8) is 0 Å². The fourth-order valence-corrected chi connectivity index (χ4v) is 5.01. The number of nitrogens with two attached hydrogens (primary N) is 2. The van der Waals surface area contributed by atoms with E-state index in [1.807, 2.05) is 30.3 Å². The molecule has 42 heavy (non-hydrogen) atoms. The maximum absolute atomic E-state index is 13.8. The number of hydrogen-bond donors (Lipinski definition) is 4. The third-order valence-electron chi connectivity index (χ3n) is 7.06. The normalized spacial score (nSPS) is 15.5. The standard InChI is InChI=1S/C32H30ClFN8/c33-27-16-24(40-31(21-8-10-23(34)11-9-21)28(37)19-42(38)25-12-13-25)15-26-30(22(17-36)18-39-32(26)27)41-29(7-4-14-35)20-5-2-1-3-6-20/h1-3,5-6,8-11,15-16,18-19,25,29,31,40H,4,7,12-13,37-38H2,(H,39,41)/b28-19-/i31D. The Morgan fingerprint density at radius 1 is 1.14 bits per heavy atom. The van der Waals surface area contributed by atoms with E-state index >= 15 is 0 Å². The van der Waals surface area contributed by atoms with Gasteiger partial charge in [0.05, 0.1) is 47.0 Å². The Bertz CT molecular complexity index is 1730. The second-order valence-electron chi connectivity index (χ2n) is 10.1. The number of rotatable bonds is 11. The number of pyridine rings is 1. The second-order valence-corrected chi connectivity index (χ2v) is 10.5. The summed E-state index contributed by atoms with van der Waals surface area (Å²) in [4.78, 5) is 4.44. The van der Waals surface area contributed by atoms with E-state index in [2.05, 4.69) is 27.8 Å². The molecule has 0 spiro atoms. The van der Waals surface area contributed by atoms with Crippen molar-refractivity contribution in [3.05, 3.63) is 112 Å². The zero-order chi connectivity index (χ0) is 30.6. The molecule has 1 fully saturated rings. The van der Waals surface area contributed by atoms with Crippen molar-refractivity contribution < 1.29 is 5.76 Å². The molecule has 212 valence electrons. The Morgan fingerprint density at radius 2 is 1.88 bits per heavy atom. The van der Waals surface area contributed by atoms with Crippen LogP contribution in [0.15, 0.2) is 84.8 Å². The van der Waals surface area contributed by atoms with Crippen molar-refractivity contribution in [2.45, 2.75) is 43.8 Å². The van der Waals surface area contributed by atoms with Gasteiger partial charge in [-0.15, -0.1) is 0 Å². The van der Waals surface area contributed by atoms with E-state index in [0.717, 1.165) is 18.4 Å². The van der Waals surface area contributed by atoms with Crippen LogP contribution >= 0.6 is 11.6 Å². The van der Waals surface area contributed by atoms with Gasteiger partial charge >= 0.3 is 0 Å². The predicted octanol–water partition coefficient (Wildman–Crippen LogP) is 6.65. The first-order chi connectivity index (χ1) is 20.7. The molecule has 0 radical (unpaired) electrons. The van der Waals surface area contributed by atoms with Gasteiger partial charge in [-0.2, -0.15) is 10.5 Å². The molecule has 1 aliphatic rings. The van der Waals surface area contributed by atoms with E-state index in [4.69, 9.17) is 23.2 Å². The lowest BCUT2D eigenvalue weighted by Crippen LogP contribution is -2.30. The minimum Gasteiger partial charge on any atom is -0.399 e. The van der Waals surface area contributed by atoms with Crippen molar-refractivity contribution in [1.29, 1.82) is 10.5 Å². The topological polar surface area (TPSA) is 140 Å². The number of aromatic nitrogens is 1. The second kappa shape index (κ2) is 12.8. The van der Waals surface area contributed by atoms with Gasteiger partial charge in [0, 0.05) is 35.9 Å². The van der Waals surface area contributed by atoms with Crippen LogP contribution in [0.3, 0.4) is 0 Å². The monoisotopic (exact) mass is 581 g/mol. The molecule has 8 nitrogen and oxygen atoms in total. The average Bonchev–Trinajstić information content (AvgIpc) is 3.86. The van der Waals surface area contributed by atoms with Gasteiger partial charge in [0.15, 0.2) is 0 Å². The molecule has 3 aromatic carbocycles. The number of hydrazine groups is 1. The summed E-state index contributed by atoms with van der Waals surface area (Å²) in [6.45, 7) is 0. The highest BCUT2D eigenvalue weighted by atomic mass is 35.5. The Hall–Kier alpha value is -4.83. The summed E-state index contributed by atoms with van der Waals surface area (Å²) in [6, 6.07) is 21.0. The van der Waals surface area contributed by atoms with E-state index in [0.29, 0.717) is 40.7 Å². The van der Waals surface area contributed by atoms with Gasteiger partial charge in [0.25, 0.3) is 0 Å². The summed E-state index contributed by atoms with van der Waals surface area (Å²) < 4.78 is 23.3. The Morgan fingerprint density at radius 3 is 2.55 bits per heavy atom. The number of fused-ring (bicyclic) bond motifs is 1. The van der Waals surface area contributed by atoms with E-state index in [9.17, 15) is 16.3 Å². The van der Waals surface area contributed by atoms with Gasteiger partial charge in [-0.05, 0) is 54.7 Å². The molecular weight excluding hydrogens is 551 g/mol. The predicted molar refractivity (Wildman–Crippen MR) is 163 cm³/mol. The van der Waals surface area contributed by atoms with Crippen molar-refractivity contribution in [2.24, 2.45) is 11.6 Å². The molecule has 2 unspecified atom stereocenters. The molecule has 4 aromatic rings. The first-order valence-corrected chi connectivity index (χ1v) is 13.9. The van der Waals surface area contributed by atoms with E-state index in [-0.39, 0.29) is 28.4 Å². The zero-order valence-corrected chi connectivity index (χ0v) is 23.4. The van der Waals surface area contributed by atoms with Crippen LogP contribution in [0.25, 0.3) is 10.9 Å². The van der Waals surface area contributed by atoms with Crippen molar-refractivity contribution >= 4 is 33.9 Å². The third-order valence-corrected chi connectivity index (χ3v) is 7.35. The van der Waals surface area contributed by atoms with Crippen molar-refractivity contribution in [3.8, 4) is 12.1 Å². The van der Waals surface area contributed by atoms with E-state index in [1.54, 1.807) is 12.1 Å². The van der Waals surface area contributed by atoms with Gasteiger partial charge < -0.3 is 21.4 Å². The molecule has 0 saturated heterocycles. The molecule has 6 N–H and O–H groups in total. The van der Waals surface area contributed by atoms with Crippen molar-refractivity contribution in [1.82, 2.24) is 9.99 Å². The lowest BCUT2D eigenvalue weighted by molar-refractivity contribution is 0.378. The largest absolute Gasteiger partial charge is 0.399 e. The van der Waals surface area contributed by atoms with Crippen LogP contribution in [0, 0.1) is 28.5 Å². The van der Waals surface area contributed by atoms with Gasteiger partial charge in [0.1, 0.15) is 11.9 Å². The van der Waals surface area contributed by atoms with E-state index in [1.165, 1.54) is 41.7 Å². The Kier molecular flexibility index (Phi) is 8.32. The van der Waals surface area contributed by atoms with Crippen LogP contribution < -0.4 is 22.2 Å². The molecule has 5 rings (SSSR count). The highest BCUT2D eigenvalue weighted by Gasteiger charge is 2.27. The number of halogens is 2. The highest BCUT2D eigenvalue weighted by Crippen LogP contribution is 2.37. The van der Waals surface area contributed by atoms with Crippen LogP contribution in [0.5, 0.6) is 0 Å². The number of benzene rings is 3. The SMILES string of the molecule is [2H]C(Nc1cc(Cl)c2ncc(C#N)c(NC(CCC#N)c3ccccc3)c2c1)(/C(N)=C/N(N)C1CC1)c1ccc(F)cc1. The molecule has 0 bridgehead atoms. The first kappa shape index (κ1) is 27.3. The zero-order valence-electron chi connectivity index (χ0n) is 23.7. The summed E-state index contributed by atoms with van der Waals surface area (Å²) >= 11 is 6.74. The van der Waals surface area contributed by atoms with Crippen LogP contribution in [0.2, 0.25) is 5.02 Å². The van der Waals surface area contributed by atoms with Crippen LogP contribution in [0.1, 0.15) is 55.8 Å². The molecule has 2 atom stereocenters. The van der Waals surface area contributed by atoms with Gasteiger partial charge in [-0.3, -0.25) is 4.98 Å². The maximum Gasteiger partial charge on any atom is 0.123 e. The number of hydrogen-bond acceptors (Lipinski definition) is 8. The summed E-state index contributed by atoms with van der Waals surface area (Å²) in [5.41, 5.74) is 9.57.